The van der Waals surface area contributed by atoms with E-state index in [0.717, 1.165) is 16.9 Å². The molecule has 2 aromatic heterocycles. The first-order chi connectivity index (χ1) is 9.33. The Bertz CT molecular complexity index is 673. The van der Waals surface area contributed by atoms with Gasteiger partial charge < -0.3 is 10.3 Å². The number of pyridine rings is 1. The summed E-state index contributed by atoms with van der Waals surface area (Å²) in [7, 11) is 0. The van der Waals surface area contributed by atoms with Crippen molar-refractivity contribution in [1.82, 2.24) is 20.3 Å². The zero-order valence-electron chi connectivity index (χ0n) is 10.1. The summed E-state index contributed by atoms with van der Waals surface area (Å²) >= 11 is 0. The lowest BCUT2D eigenvalue weighted by Gasteiger charge is -2.01. The molecule has 0 radical (unpaired) electrons. The second-order valence-electron chi connectivity index (χ2n) is 4.10. The van der Waals surface area contributed by atoms with E-state index in [9.17, 15) is 4.79 Å². The molecule has 94 valence electrons. The van der Waals surface area contributed by atoms with Gasteiger partial charge in [-0.2, -0.15) is 0 Å². The van der Waals surface area contributed by atoms with Gasteiger partial charge in [0.1, 0.15) is 11.5 Å². The number of nitrogens with one attached hydrogen (secondary N) is 2. The molecule has 1 amide bonds. The number of imidazole rings is 1. The maximum atomic E-state index is 11.8. The average molecular weight is 252 g/mol. The molecule has 5 nitrogen and oxygen atoms in total. The van der Waals surface area contributed by atoms with E-state index in [1.165, 1.54) is 0 Å². The van der Waals surface area contributed by atoms with E-state index in [0.29, 0.717) is 12.2 Å². The van der Waals surface area contributed by atoms with E-state index in [4.69, 9.17) is 0 Å². The van der Waals surface area contributed by atoms with Gasteiger partial charge in [0.15, 0.2) is 0 Å². The van der Waals surface area contributed by atoms with Crippen LogP contribution in [0.4, 0.5) is 0 Å². The number of hydrogen-bond donors (Lipinski definition) is 2. The number of carbonyl (C=O) groups is 1. The van der Waals surface area contributed by atoms with E-state index >= 15 is 0 Å². The van der Waals surface area contributed by atoms with Crippen LogP contribution >= 0.6 is 0 Å². The van der Waals surface area contributed by atoms with Crippen LogP contribution in [0.5, 0.6) is 0 Å². The number of aromatic nitrogens is 3. The standard InChI is InChI=1S/C14H12N4O/c19-14(12-7-3-4-8-15-12)16-9-13-17-10-5-1-2-6-11(10)18-13/h1-8H,9H2,(H,16,19)(H,17,18). The van der Waals surface area contributed by atoms with E-state index in [1.54, 1.807) is 24.4 Å². The Balaban J connectivity index is 1.71. The highest BCUT2D eigenvalue weighted by Crippen LogP contribution is 2.09. The highest BCUT2D eigenvalue weighted by molar-refractivity contribution is 5.92. The Kier molecular flexibility index (Phi) is 2.94. The minimum absolute atomic E-state index is 0.207. The summed E-state index contributed by atoms with van der Waals surface area (Å²) in [6.07, 6.45) is 1.59. The number of fused-ring (bicyclic) bond motifs is 1. The maximum Gasteiger partial charge on any atom is 0.270 e. The average Bonchev–Trinajstić information content (AvgIpc) is 2.88. The molecule has 2 N–H and O–H groups in total. The lowest BCUT2D eigenvalue weighted by atomic mass is 10.3. The number of benzene rings is 1. The van der Waals surface area contributed by atoms with Crippen LogP contribution < -0.4 is 5.32 Å². The maximum absolute atomic E-state index is 11.8. The lowest BCUT2D eigenvalue weighted by Crippen LogP contribution is -2.24. The molecule has 0 atom stereocenters. The fourth-order valence-corrected chi connectivity index (χ4v) is 1.84. The number of rotatable bonds is 3. The molecule has 0 spiro atoms. The Morgan fingerprint density at radius 3 is 2.79 bits per heavy atom. The molecule has 3 aromatic rings. The van der Waals surface area contributed by atoms with Crippen molar-refractivity contribution in [1.29, 1.82) is 0 Å². The molecular formula is C14H12N4O. The van der Waals surface area contributed by atoms with Gasteiger partial charge in [0.05, 0.1) is 17.6 Å². The van der Waals surface area contributed by atoms with Crippen LogP contribution in [0.2, 0.25) is 0 Å². The van der Waals surface area contributed by atoms with Crippen molar-refractivity contribution in [2.24, 2.45) is 0 Å². The van der Waals surface area contributed by atoms with Crippen LogP contribution in [0.1, 0.15) is 16.3 Å². The predicted molar refractivity (Wildman–Crippen MR) is 71.5 cm³/mol. The third-order valence-electron chi connectivity index (χ3n) is 2.75. The molecule has 0 aliphatic rings. The van der Waals surface area contributed by atoms with Gasteiger partial charge in [0.25, 0.3) is 5.91 Å². The van der Waals surface area contributed by atoms with Crippen LogP contribution in [-0.2, 0) is 6.54 Å². The van der Waals surface area contributed by atoms with Gasteiger partial charge in [-0.25, -0.2) is 4.98 Å². The van der Waals surface area contributed by atoms with E-state index in [1.807, 2.05) is 24.3 Å². The fourth-order valence-electron chi connectivity index (χ4n) is 1.84. The number of H-pyrrole nitrogens is 1. The van der Waals surface area contributed by atoms with E-state index in [2.05, 4.69) is 20.3 Å². The molecule has 1 aromatic carbocycles. The first-order valence-electron chi connectivity index (χ1n) is 5.96. The van der Waals surface area contributed by atoms with Gasteiger partial charge in [-0.15, -0.1) is 0 Å². The summed E-state index contributed by atoms with van der Waals surface area (Å²) in [6.45, 7) is 0.351. The largest absolute Gasteiger partial charge is 0.343 e. The normalized spacial score (nSPS) is 10.5. The summed E-state index contributed by atoms with van der Waals surface area (Å²) in [4.78, 5) is 23.4. The summed E-state index contributed by atoms with van der Waals surface area (Å²) < 4.78 is 0. The monoisotopic (exact) mass is 252 g/mol. The van der Waals surface area contributed by atoms with Crippen molar-refractivity contribution >= 4 is 16.9 Å². The van der Waals surface area contributed by atoms with Crippen molar-refractivity contribution in [2.45, 2.75) is 6.54 Å². The molecule has 0 saturated carbocycles. The minimum atomic E-state index is -0.207. The molecule has 0 saturated heterocycles. The van der Waals surface area contributed by atoms with Crippen LogP contribution in [0.3, 0.4) is 0 Å². The number of carbonyl (C=O) groups excluding carboxylic acids is 1. The Hall–Kier alpha value is -2.69. The van der Waals surface area contributed by atoms with Crippen molar-refractivity contribution in [2.75, 3.05) is 0 Å². The van der Waals surface area contributed by atoms with E-state index in [-0.39, 0.29) is 5.91 Å². The molecule has 5 heteroatoms. The van der Waals surface area contributed by atoms with Crippen molar-refractivity contribution in [3.05, 3.63) is 60.2 Å². The van der Waals surface area contributed by atoms with Crippen molar-refractivity contribution < 1.29 is 4.79 Å². The number of nitrogens with zero attached hydrogens (tertiary/aromatic N) is 2. The zero-order chi connectivity index (χ0) is 13.1. The first kappa shape index (κ1) is 11.4. The van der Waals surface area contributed by atoms with Gasteiger partial charge in [-0.3, -0.25) is 9.78 Å². The molecule has 2 heterocycles. The topological polar surface area (TPSA) is 70.7 Å². The number of para-hydroxylation sites is 2. The van der Waals surface area contributed by atoms with Gasteiger partial charge in [0.2, 0.25) is 0 Å². The summed E-state index contributed by atoms with van der Waals surface area (Å²) in [6, 6.07) is 13.0. The second-order valence-corrected chi connectivity index (χ2v) is 4.10. The summed E-state index contributed by atoms with van der Waals surface area (Å²) in [5.74, 6) is 0.520. The highest BCUT2D eigenvalue weighted by Gasteiger charge is 2.07. The van der Waals surface area contributed by atoms with Crippen molar-refractivity contribution in [3.8, 4) is 0 Å². The van der Waals surface area contributed by atoms with Crippen LogP contribution in [0.15, 0.2) is 48.7 Å². The van der Waals surface area contributed by atoms with Crippen LogP contribution in [-0.4, -0.2) is 20.9 Å². The molecule has 19 heavy (non-hydrogen) atoms. The molecular weight excluding hydrogens is 240 g/mol. The first-order valence-corrected chi connectivity index (χ1v) is 5.96. The molecule has 0 aliphatic carbocycles. The van der Waals surface area contributed by atoms with Gasteiger partial charge in [0, 0.05) is 6.20 Å². The Morgan fingerprint density at radius 1 is 1.16 bits per heavy atom. The van der Waals surface area contributed by atoms with Gasteiger partial charge >= 0.3 is 0 Å². The molecule has 0 fully saturated rings. The second kappa shape index (κ2) is 4.89. The fraction of sp³-hybridized carbons (Fsp3) is 0.0714. The third kappa shape index (κ3) is 2.44. The van der Waals surface area contributed by atoms with Gasteiger partial charge in [-0.05, 0) is 24.3 Å². The number of amides is 1. The Labute approximate surface area is 109 Å². The summed E-state index contributed by atoms with van der Waals surface area (Å²) in [5, 5.41) is 2.78. The molecule has 0 aliphatic heterocycles. The summed E-state index contributed by atoms with van der Waals surface area (Å²) in [5.41, 5.74) is 2.26. The van der Waals surface area contributed by atoms with E-state index < -0.39 is 0 Å². The molecule has 0 bridgehead atoms. The van der Waals surface area contributed by atoms with Gasteiger partial charge in [-0.1, -0.05) is 18.2 Å². The SMILES string of the molecule is O=C(NCc1nc2ccccc2[nH]1)c1ccccn1. The van der Waals surface area contributed by atoms with Crippen LogP contribution in [0, 0.1) is 0 Å². The lowest BCUT2D eigenvalue weighted by molar-refractivity contribution is 0.0945. The minimum Gasteiger partial charge on any atom is -0.343 e. The number of hydrogen-bond acceptors (Lipinski definition) is 3. The smallest absolute Gasteiger partial charge is 0.270 e. The van der Waals surface area contributed by atoms with Crippen LogP contribution in [0.25, 0.3) is 11.0 Å². The molecule has 0 unspecified atom stereocenters. The highest BCUT2D eigenvalue weighted by atomic mass is 16.1. The zero-order valence-corrected chi connectivity index (χ0v) is 10.1. The predicted octanol–water partition coefficient (Wildman–Crippen LogP) is 1.89. The Morgan fingerprint density at radius 2 is 2.00 bits per heavy atom. The molecule has 3 rings (SSSR count). The number of aromatic amines is 1. The third-order valence-corrected chi connectivity index (χ3v) is 2.75. The van der Waals surface area contributed by atoms with Crippen molar-refractivity contribution in [3.63, 3.8) is 0 Å². The quantitative estimate of drug-likeness (QED) is 0.747.